The lowest BCUT2D eigenvalue weighted by Gasteiger charge is -2.39. The Labute approximate surface area is 213 Å². The fourth-order valence-corrected chi connectivity index (χ4v) is 4.62. The average Bonchev–Trinajstić information content (AvgIpc) is 2.87. The van der Waals surface area contributed by atoms with E-state index < -0.39 is 11.7 Å². The average molecular weight is 517 g/mol. The van der Waals surface area contributed by atoms with E-state index in [0.717, 1.165) is 34.5 Å². The largest absolute Gasteiger partial charge is 0.493 e. The fraction of sp³-hybridized carbons (Fsp3) is 0.296. The fourth-order valence-electron chi connectivity index (χ4n) is 4.29. The Morgan fingerprint density at radius 1 is 1.03 bits per heavy atom. The van der Waals surface area contributed by atoms with Crippen molar-refractivity contribution < 1.29 is 27.4 Å². The molecule has 190 valence electrons. The summed E-state index contributed by atoms with van der Waals surface area (Å²) in [6.07, 6.45) is -3.75. The highest BCUT2D eigenvalue weighted by molar-refractivity contribution is 7.80. The second-order valence-electron chi connectivity index (χ2n) is 8.45. The SMILES string of the molecule is COc1cc2c(cc1OC)C(COc1cccc(C(F)(F)F)c1)N(C(=S)Nc1ccccc1C)CC2. The molecule has 4 rings (SSSR count). The van der Waals surface area contributed by atoms with Gasteiger partial charge in [-0.2, -0.15) is 13.2 Å². The molecule has 0 spiro atoms. The van der Waals surface area contributed by atoms with Gasteiger partial charge in [0.1, 0.15) is 12.4 Å². The maximum absolute atomic E-state index is 13.2. The van der Waals surface area contributed by atoms with Gasteiger partial charge in [-0.15, -0.1) is 0 Å². The third kappa shape index (κ3) is 5.51. The van der Waals surface area contributed by atoms with Crippen molar-refractivity contribution in [2.45, 2.75) is 25.6 Å². The van der Waals surface area contributed by atoms with Gasteiger partial charge in [0.15, 0.2) is 16.6 Å². The molecule has 1 unspecified atom stereocenters. The number of alkyl halides is 3. The monoisotopic (exact) mass is 516 g/mol. The predicted molar refractivity (Wildman–Crippen MR) is 137 cm³/mol. The lowest BCUT2D eigenvalue weighted by Crippen LogP contribution is -2.44. The van der Waals surface area contributed by atoms with E-state index in [9.17, 15) is 13.2 Å². The molecule has 0 aliphatic carbocycles. The highest BCUT2D eigenvalue weighted by Gasteiger charge is 2.33. The topological polar surface area (TPSA) is 43.0 Å². The van der Waals surface area contributed by atoms with Crippen LogP contribution in [0.4, 0.5) is 18.9 Å². The lowest BCUT2D eigenvalue weighted by molar-refractivity contribution is -0.137. The Morgan fingerprint density at radius 3 is 2.44 bits per heavy atom. The quantitative estimate of drug-likeness (QED) is 0.382. The number of thiocarbonyl (C=S) groups is 1. The first-order valence-corrected chi connectivity index (χ1v) is 11.8. The van der Waals surface area contributed by atoms with Gasteiger partial charge in [-0.1, -0.05) is 24.3 Å². The number of para-hydroxylation sites is 1. The van der Waals surface area contributed by atoms with E-state index in [1.54, 1.807) is 14.2 Å². The van der Waals surface area contributed by atoms with Crippen molar-refractivity contribution in [3.63, 3.8) is 0 Å². The molecule has 0 saturated heterocycles. The molecule has 0 fully saturated rings. The molecule has 1 aliphatic heterocycles. The second kappa shape index (κ2) is 10.7. The smallest absolute Gasteiger partial charge is 0.416 e. The van der Waals surface area contributed by atoms with Crippen LogP contribution in [0, 0.1) is 6.92 Å². The van der Waals surface area contributed by atoms with Crippen molar-refractivity contribution in [2.75, 3.05) is 32.7 Å². The van der Waals surface area contributed by atoms with Gasteiger partial charge in [0.2, 0.25) is 0 Å². The van der Waals surface area contributed by atoms with Crippen LogP contribution in [0.15, 0.2) is 60.7 Å². The van der Waals surface area contributed by atoms with E-state index in [-0.39, 0.29) is 18.4 Å². The number of halogens is 3. The standard InChI is InChI=1S/C27H27F3N2O3S/c1-17-7-4-5-10-22(17)31-26(36)32-12-11-18-13-24(33-2)25(34-3)15-21(18)23(32)16-35-20-9-6-8-19(14-20)27(28,29)30/h4-10,13-15,23H,11-12,16H2,1-3H3,(H,31,36). The molecule has 1 N–H and O–H groups in total. The molecule has 0 radical (unpaired) electrons. The van der Waals surface area contributed by atoms with Gasteiger partial charge >= 0.3 is 6.18 Å². The van der Waals surface area contributed by atoms with Crippen LogP contribution < -0.4 is 19.5 Å². The summed E-state index contributed by atoms with van der Waals surface area (Å²) in [6, 6.07) is 16.1. The molecule has 0 amide bonds. The maximum atomic E-state index is 13.2. The second-order valence-corrected chi connectivity index (χ2v) is 8.83. The molecule has 1 aliphatic rings. The van der Waals surface area contributed by atoms with Crippen LogP contribution in [0.2, 0.25) is 0 Å². The van der Waals surface area contributed by atoms with E-state index in [1.165, 1.54) is 12.1 Å². The molecule has 1 heterocycles. The number of anilines is 1. The molecule has 0 bridgehead atoms. The number of ether oxygens (including phenoxy) is 3. The summed E-state index contributed by atoms with van der Waals surface area (Å²) in [4.78, 5) is 2.00. The number of hydrogen-bond donors (Lipinski definition) is 1. The Bertz CT molecular complexity index is 1250. The van der Waals surface area contributed by atoms with Crippen LogP contribution in [0.25, 0.3) is 0 Å². The van der Waals surface area contributed by atoms with Crippen LogP contribution in [0.3, 0.4) is 0 Å². The number of nitrogens with one attached hydrogen (secondary N) is 1. The zero-order valence-electron chi connectivity index (χ0n) is 20.2. The Balaban J connectivity index is 1.66. The lowest BCUT2D eigenvalue weighted by atomic mass is 9.92. The minimum absolute atomic E-state index is 0.0827. The Hall–Kier alpha value is -3.46. The van der Waals surface area contributed by atoms with Crippen LogP contribution in [0.1, 0.15) is 28.3 Å². The van der Waals surface area contributed by atoms with Crippen molar-refractivity contribution in [1.82, 2.24) is 4.90 Å². The Kier molecular flexibility index (Phi) is 7.59. The van der Waals surface area contributed by atoms with Gasteiger partial charge in [-0.3, -0.25) is 0 Å². The number of benzene rings is 3. The highest BCUT2D eigenvalue weighted by atomic mass is 32.1. The number of aryl methyl sites for hydroxylation is 1. The molecular formula is C27H27F3N2O3S. The van der Waals surface area contributed by atoms with Crippen LogP contribution in [-0.2, 0) is 12.6 Å². The molecular weight excluding hydrogens is 489 g/mol. The van der Waals surface area contributed by atoms with E-state index in [2.05, 4.69) is 5.32 Å². The van der Waals surface area contributed by atoms with Gasteiger partial charge in [-0.05, 0) is 78.7 Å². The van der Waals surface area contributed by atoms with Crippen molar-refractivity contribution in [2.24, 2.45) is 0 Å². The van der Waals surface area contributed by atoms with Crippen LogP contribution in [0.5, 0.6) is 17.2 Å². The molecule has 3 aromatic rings. The zero-order chi connectivity index (χ0) is 25.9. The van der Waals surface area contributed by atoms with E-state index in [1.807, 2.05) is 48.2 Å². The molecule has 9 heteroatoms. The van der Waals surface area contributed by atoms with E-state index in [4.69, 9.17) is 26.4 Å². The summed E-state index contributed by atoms with van der Waals surface area (Å²) < 4.78 is 56.5. The van der Waals surface area contributed by atoms with Crippen molar-refractivity contribution in [1.29, 1.82) is 0 Å². The molecule has 1 atom stereocenters. The number of nitrogens with zero attached hydrogens (tertiary/aromatic N) is 1. The first-order valence-electron chi connectivity index (χ1n) is 11.4. The summed E-state index contributed by atoms with van der Waals surface area (Å²) in [5.74, 6) is 1.30. The summed E-state index contributed by atoms with van der Waals surface area (Å²) in [6.45, 7) is 2.66. The first-order chi connectivity index (χ1) is 17.2. The van der Waals surface area contributed by atoms with Crippen molar-refractivity contribution >= 4 is 23.0 Å². The van der Waals surface area contributed by atoms with E-state index >= 15 is 0 Å². The Morgan fingerprint density at radius 2 is 1.75 bits per heavy atom. The third-order valence-electron chi connectivity index (χ3n) is 6.22. The summed E-state index contributed by atoms with van der Waals surface area (Å²) in [5, 5.41) is 3.82. The number of fused-ring (bicyclic) bond motifs is 1. The van der Waals surface area contributed by atoms with Gasteiger partial charge in [0, 0.05) is 12.2 Å². The first kappa shape index (κ1) is 25.6. The van der Waals surface area contributed by atoms with Crippen LogP contribution >= 0.6 is 12.2 Å². The van der Waals surface area contributed by atoms with Crippen molar-refractivity contribution in [3.05, 3.63) is 82.9 Å². The van der Waals surface area contributed by atoms with Gasteiger partial charge < -0.3 is 24.4 Å². The summed E-state index contributed by atoms with van der Waals surface area (Å²) >= 11 is 5.79. The molecule has 36 heavy (non-hydrogen) atoms. The summed E-state index contributed by atoms with van der Waals surface area (Å²) in [5.41, 5.74) is 3.13. The molecule has 3 aromatic carbocycles. The van der Waals surface area contributed by atoms with E-state index in [0.29, 0.717) is 29.6 Å². The minimum Gasteiger partial charge on any atom is -0.493 e. The third-order valence-corrected chi connectivity index (χ3v) is 6.56. The molecule has 0 saturated carbocycles. The molecule has 5 nitrogen and oxygen atoms in total. The van der Waals surface area contributed by atoms with Gasteiger partial charge in [0.05, 0.1) is 25.8 Å². The number of rotatable bonds is 6. The van der Waals surface area contributed by atoms with Gasteiger partial charge in [0.25, 0.3) is 0 Å². The maximum Gasteiger partial charge on any atom is 0.416 e. The summed E-state index contributed by atoms with van der Waals surface area (Å²) in [7, 11) is 3.14. The van der Waals surface area contributed by atoms with Crippen molar-refractivity contribution in [3.8, 4) is 17.2 Å². The van der Waals surface area contributed by atoms with Gasteiger partial charge in [-0.25, -0.2) is 0 Å². The number of hydrogen-bond acceptors (Lipinski definition) is 4. The highest BCUT2D eigenvalue weighted by Crippen LogP contribution is 2.39. The number of methoxy groups -OCH3 is 2. The van der Waals surface area contributed by atoms with Crippen LogP contribution in [-0.4, -0.2) is 37.4 Å². The predicted octanol–water partition coefficient (Wildman–Crippen LogP) is 6.41. The molecule has 0 aromatic heterocycles. The minimum atomic E-state index is -4.45. The normalized spacial score (nSPS) is 15.2. The zero-order valence-corrected chi connectivity index (χ0v) is 21.0.